The summed E-state index contributed by atoms with van der Waals surface area (Å²) in [6, 6.07) is 9.11. The van der Waals surface area contributed by atoms with Crippen molar-refractivity contribution >= 4 is 16.8 Å². The molecule has 0 radical (unpaired) electrons. The summed E-state index contributed by atoms with van der Waals surface area (Å²) >= 11 is 0. The fourth-order valence-corrected chi connectivity index (χ4v) is 6.18. The molecular formula is C31H40O. The molecule has 1 fully saturated rings. The van der Waals surface area contributed by atoms with Gasteiger partial charge in [0.15, 0.2) is 0 Å². The third-order valence-corrected chi connectivity index (χ3v) is 8.03. The summed E-state index contributed by atoms with van der Waals surface area (Å²) in [6.07, 6.45) is 19.0. The molecule has 0 spiro atoms. The van der Waals surface area contributed by atoms with Crippen molar-refractivity contribution in [2.75, 3.05) is 6.61 Å². The monoisotopic (exact) mass is 428 g/mol. The average molecular weight is 429 g/mol. The summed E-state index contributed by atoms with van der Waals surface area (Å²) in [5.74, 6) is 2.04. The highest BCUT2D eigenvalue weighted by atomic mass is 16.5. The molecule has 2 aliphatic carbocycles. The Balaban J connectivity index is 0.000000354. The van der Waals surface area contributed by atoms with Crippen LogP contribution in [0.15, 0.2) is 54.8 Å². The lowest BCUT2D eigenvalue weighted by Crippen LogP contribution is -2.32. The van der Waals surface area contributed by atoms with Crippen LogP contribution in [0.4, 0.5) is 0 Å². The maximum atomic E-state index is 4.80. The number of ether oxygens (including phenoxy) is 1. The maximum absolute atomic E-state index is 4.80. The predicted molar refractivity (Wildman–Crippen MR) is 139 cm³/mol. The van der Waals surface area contributed by atoms with Crippen LogP contribution in [0, 0.1) is 11.3 Å². The number of aryl methyl sites for hydroxylation is 1. The molecule has 1 heterocycles. The van der Waals surface area contributed by atoms with Crippen LogP contribution in [0.3, 0.4) is 0 Å². The summed E-state index contributed by atoms with van der Waals surface area (Å²) in [5.41, 5.74) is 7.04. The fourth-order valence-electron chi connectivity index (χ4n) is 6.18. The van der Waals surface area contributed by atoms with Gasteiger partial charge in [0.25, 0.3) is 0 Å². The largest absolute Gasteiger partial charge is 0.497 e. The second-order valence-corrected chi connectivity index (χ2v) is 10.4. The molecule has 2 aromatic rings. The number of benzene rings is 2. The van der Waals surface area contributed by atoms with Crippen molar-refractivity contribution in [2.24, 2.45) is 11.3 Å². The molecule has 1 heteroatoms. The van der Waals surface area contributed by atoms with Crippen LogP contribution >= 0.6 is 0 Å². The normalized spacial score (nSPS) is 25.7. The van der Waals surface area contributed by atoms with Crippen LogP contribution < -0.4 is 0 Å². The molecule has 170 valence electrons. The SMILES string of the molecule is C1=CCOC=C1.CCc1c(C(C)C)c2c(c3ccccc13)C=CC1CC(C)(CC)CCC21. The summed E-state index contributed by atoms with van der Waals surface area (Å²) in [4.78, 5) is 0. The quantitative estimate of drug-likeness (QED) is 0.474. The van der Waals surface area contributed by atoms with Crippen molar-refractivity contribution in [1.29, 1.82) is 0 Å². The third kappa shape index (κ3) is 4.32. The molecule has 0 amide bonds. The molecule has 0 N–H and O–H groups in total. The zero-order valence-corrected chi connectivity index (χ0v) is 20.7. The van der Waals surface area contributed by atoms with Crippen molar-refractivity contribution in [3.63, 3.8) is 0 Å². The van der Waals surface area contributed by atoms with Gasteiger partial charge < -0.3 is 4.74 Å². The van der Waals surface area contributed by atoms with Gasteiger partial charge >= 0.3 is 0 Å². The predicted octanol–water partition coefficient (Wildman–Crippen LogP) is 8.94. The van der Waals surface area contributed by atoms with Crippen LogP contribution in [0.25, 0.3) is 16.8 Å². The Morgan fingerprint density at radius 3 is 2.44 bits per heavy atom. The first kappa shape index (κ1) is 22.9. The van der Waals surface area contributed by atoms with Crippen molar-refractivity contribution < 1.29 is 4.74 Å². The molecule has 1 nitrogen and oxygen atoms in total. The Kier molecular flexibility index (Phi) is 6.93. The minimum atomic E-state index is 0.533. The van der Waals surface area contributed by atoms with Crippen molar-refractivity contribution in [2.45, 2.75) is 78.6 Å². The summed E-state index contributed by atoms with van der Waals surface area (Å²) < 4.78 is 4.80. The first-order valence-corrected chi connectivity index (χ1v) is 12.7. The van der Waals surface area contributed by atoms with Crippen molar-refractivity contribution in [3.05, 3.63) is 77.1 Å². The third-order valence-electron chi connectivity index (χ3n) is 8.03. The molecule has 3 atom stereocenters. The van der Waals surface area contributed by atoms with E-state index in [4.69, 9.17) is 4.74 Å². The maximum Gasteiger partial charge on any atom is 0.106 e. The molecule has 0 aromatic heterocycles. The standard InChI is InChI=1S/C26H34.C5H6O/c1-6-19-21-10-8-9-11-22(21)23-13-12-18-16-26(5,7-2)15-14-20(18)25(23)24(19)17(3)4;1-2-4-6-5-3-1/h8-13,17-18,20H,6-7,14-16H2,1-5H3;1-4H,5H2. The van der Waals surface area contributed by atoms with E-state index in [2.05, 4.69) is 71.0 Å². The number of hydrogen-bond acceptors (Lipinski definition) is 1. The minimum absolute atomic E-state index is 0.533. The Morgan fingerprint density at radius 1 is 1.09 bits per heavy atom. The van der Waals surface area contributed by atoms with E-state index in [1.165, 1.54) is 42.0 Å². The zero-order valence-electron chi connectivity index (χ0n) is 20.7. The van der Waals surface area contributed by atoms with Crippen LogP contribution in [0.5, 0.6) is 0 Å². The molecule has 1 saturated carbocycles. The van der Waals surface area contributed by atoms with Gasteiger partial charge in [0.1, 0.15) is 6.61 Å². The molecule has 0 bridgehead atoms. The second kappa shape index (κ2) is 9.69. The molecule has 0 saturated heterocycles. The van der Waals surface area contributed by atoms with Gasteiger partial charge in [0, 0.05) is 0 Å². The van der Waals surface area contributed by atoms with E-state index in [1.54, 1.807) is 23.0 Å². The Bertz CT molecular complexity index is 1030. The van der Waals surface area contributed by atoms with E-state index in [9.17, 15) is 0 Å². The van der Waals surface area contributed by atoms with Crippen molar-refractivity contribution in [1.82, 2.24) is 0 Å². The number of allylic oxidation sites excluding steroid dienone is 3. The molecule has 32 heavy (non-hydrogen) atoms. The highest BCUT2D eigenvalue weighted by molar-refractivity contribution is 5.96. The lowest BCUT2D eigenvalue weighted by molar-refractivity contribution is 0.154. The summed E-state index contributed by atoms with van der Waals surface area (Å²) in [5, 5.41) is 2.96. The minimum Gasteiger partial charge on any atom is -0.497 e. The average Bonchev–Trinajstić information content (AvgIpc) is 2.84. The van der Waals surface area contributed by atoms with Gasteiger partial charge in [-0.1, -0.05) is 83.5 Å². The highest BCUT2D eigenvalue weighted by Gasteiger charge is 2.40. The second-order valence-electron chi connectivity index (χ2n) is 10.4. The highest BCUT2D eigenvalue weighted by Crippen LogP contribution is 2.54. The van der Waals surface area contributed by atoms with E-state index in [0.29, 0.717) is 11.3 Å². The van der Waals surface area contributed by atoms with Crippen LogP contribution in [-0.4, -0.2) is 6.61 Å². The Hall–Kier alpha value is -2.28. The molecule has 2 aromatic carbocycles. The Morgan fingerprint density at radius 2 is 1.88 bits per heavy atom. The fraction of sp³-hybridized carbons (Fsp3) is 0.484. The summed E-state index contributed by atoms with van der Waals surface area (Å²) in [7, 11) is 0. The first-order chi connectivity index (χ1) is 15.5. The lowest BCUT2D eigenvalue weighted by Gasteiger charge is -2.45. The van der Waals surface area contributed by atoms with E-state index < -0.39 is 0 Å². The van der Waals surface area contributed by atoms with Crippen LogP contribution in [0.1, 0.15) is 94.4 Å². The van der Waals surface area contributed by atoms with Gasteiger partial charge in [-0.25, -0.2) is 0 Å². The smallest absolute Gasteiger partial charge is 0.106 e. The Labute approximate surface area is 195 Å². The lowest BCUT2D eigenvalue weighted by atomic mass is 9.60. The van der Waals surface area contributed by atoms with Crippen LogP contribution in [0.2, 0.25) is 0 Å². The molecule has 3 aliphatic rings. The molecule has 5 rings (SSSR count). The van der Waals surface area contributed by atoms with Gasteiger partial charge in [-0.05, 0) is 94.0 Å². The number of rotatable bonds is 3. The molecule has 3 unspecified atom stereocenters. The zero-order chi connectivity index (χ0) is 22.7. The van der Waals surface area contributed by atoms with Crippen LogP contribution in [-0.2, 0) is 11.2 Å². The molecule has 1 aliphatic heterocycles. The molecular weight excluding hydrogens is 388 g/mol. The summed E-state index contributed by atoms with van der Waals surface area (Å²) in [6.45, 7) is 12.8. The topological polar surface area (TPSA) is 9.23 Å². The van der Waals surface area contributed by atoms with Gasteiger partial charge in [-0.3, -0.25) is 0 Å². The van der Waals surface area contributed by atoms with E-state index in [-0.39, 0.29) is 0 Å². The van der Waals surface area contributed by atoms with Gasteiger partial charge in [0.05, 0.1) is 6.26 Å². The first-order valence-electron chi connectivity index (χ1n) is 12.7. The van der Waals surface area contributed by atoms with Gasteiger partial charge in [-0.2, -0.15) is 0 Å². The van der Waals surface area contributed by atoms with E-state index >= 15 is 0 Å². The number of hydrogen-bond donors (Lipinski definition) is 0. The van der Waals surface area contributed by atoms with E-state index in [0.717, 1.165) is 24.9 Å². The number of fused-ring (bicyclic) bond motifs is 5. The van der Waals surface area contributed by atoms with E-state index in [1.807, 2.05) is 18.2 Å². The van der Waals surface area contributed by atoms with Crippen molar-refractivity contribution in [3.8, 4) is 0 Å². The van der Waals surface area contributed by atoms with Gasteiger partial charge in [-0.15, -0.1) is 0 Å². The van der Waals surface area contributed by atoms with Gasteiger partial charge in [0.2, 0.25) is 0 Å².